The van der Waals surface area contributed by atoms with Gasteiger partial charge in [0.05, 0.1) is 5.69 Å². The van der Waals surface area contributed by atoms with Crippen molar-refractivity contribution in [3.63, 3.8) is 0 Å². The molecule has 2 aromatic heterocycles. The molecule has 0 spiro atoms. The van der Waals surface area contributed by atoms with Crippen LogP contribution in [0.25, 0.3) is 77.7 Å². The summed E-state index contributed by atoms with van der Waals surface area (Å²) in [5.41, 5.74) is 17.5. The van der Waals surface area contributed by atoms with Crippen LogP contribution in [0.1, 0.15) is 0 Å². The first-order valence-electron chi connectivity index (χ1n) is 18.1. The van der Waals surface area contributed by atoms with Crippen molar-refractivity contribution in [3.8, 4) is 55.8 Å². The monoisotopic (exact) mass is 678 g/mol. The first kappa shape index (κ1) is 29.7. The third-order valence-corrected chi connectivity index (χ3v) is 10.8. The number of rotatable bonds is 3. The third kappa shape index (κ3) is 4.56. The fourth-order valence-electron chi connectivity index (χ4n) is 8.47. The van der Waals surface area contributed by atoms with E-state index < -0.39 is 0 Å². The average molecular weight is 679 g/mol. The Morgan fingerprint density at radius 3 is 2.04 bits per heavy atom. The van der Waals surface area contributed by atoms with E-state index in [1.807, 2.05) is 12.3 Å². The molecule has 0 radical (unpaired) electrons. The smallest absolute Gasteiger partial charge is 0.235 e. The normalized spacial score (nSPS) is 12.9. The van der Waals surface area contributed by atoms with Gasteiger partial charge in [0.2, 0.25) is 11.4 Å². The minimum absolute atomic E-state index is 0.727. The Bertz CT molecular complexity index is 2920. The van der Waals surface area contributed by atoms with Crippen molar-refractivity contribution in [2.24, 2.45) is 0 Å². The van der Waals surface area contributed by atoms with Gasteiger partial charge < -0.3 is 9.32 Å². The van der Waals surface area contributed by atoms with E-state index in [0.29, 0.717) is 0 Å². The summed E-state index contributed by atoms with van der Waals surface area (Å²) >= 11 is 0. The zero-order chi connectivity index (χ0) is 34.9. The molecule has 0 N–H and O–H groups in total. The number of anilines is 2. The van der Waals surface area contributed by atoms with Crippen LogP contribution in [-0.2, 0) is 0 Å². The van der Waals surface area contributed by atoms with Crippen LogP contribution in [-0.4, -0.2) is 17.7 Å². The fourth-order valence-corrected chi connectivity index (χ4v) is 8.47. The summed E-state index contributed by atoms with van der Waals surface area (Å²) in [6.45, 7) is 0.727. The molecule has 0 saturated heterocycles. The molecule has 53 heavy (non-hydrogen) atoms. The second-order valence-electron chi connectivity index (χ2n) is 13.7. The molecule has 9 aromatic rings. The number of aromatic nitrogens is 1. The molecule has 3 heterocycles. The van der Waals surface area contributed by atoms with Gasteiger partial charge in [-0.25, -0.2) is 0 Å². The van der Waals surface area contributed by atoms with E-state index in [2.05, 4.69) is 179 Å². The van der Waals surface area contributed by atoms with Crippen molar-refractivity contribution in [2.45, 2.75) is 0 Å². The van der Waals surface area contributed by atoms with Crippen molar-refractivity contribution in [1.82, 2.24) is 9.56 Å². The lowest BCUT2D eigenvalue weighted by Gasteiger charge is -2.30. The molecule has 11 rings (SSSR count). The van der Waals surface area contributed by atoms with E-state index in [0.717, 1.165) is 95.9 Å². The molecule has 0 bridgehead atoms. The summed E-state index contributed by atoms with van der Waals surface area (Å²) < 4.78 is 9.01. The SMILES string of the molecule is C1=[N+](c2ccccc2)c2cc3c(cc2N(c2ccccc2)C1)-c1ncccc1-c1ccccc1-c1c-3cccc1-c1cccc2c1oc1ccccc12. The van der Waals surface area contributed by atoms with Crippen molar-refractivity contribution in [2.75, 3.05) is 11.4 Å². The maximum Gasteiger partial charge on any atom is 0.235 e. The van der Waals surface area contributed by atoms with Crippen LogP contribution in [0.5, 0.6) is 0 Å². The van der Waals surface area contributed by atoms with Gasteiger partial charge in [0.25, 0.3) is 0 Å². The van der Waals surface area contributed by atoms with Crippen LogP contribution in [0.4, 0.5) is 22.7 Å². The zero-order valence-electron chi connectivity index (χ0n) is 28.8. The summed E-state index contributed by atoms with van der Waals surface area (Å²) in [6.07, 6.45) is 4.21. The molecule has 4 heteroatoms. The zero-order valence-corrected chi connectivity index (χ0v) is 28.8. The number of fused-ring (bicyclic) bond motifs is 12. The Balaban J connectivity index is 1.26. The topological polar surface area (TPSA) is 32.3 Å². The molecule has 4 nitrogen and oxygen atoms in total. The Morgan fingerprint density at radius 2 is 1.17 bits per heavy atom. The molecule has 0 unspecified atom stereocenters. The summed E-state index contributed by atoms with van der Waals surface area (Å²) in [4.78, 5) is 7.56. The van der Waals surface area contributed by atoms with Gasteiger partial charge in [-0.3, -0.25) is 4.98 Å². The second kappa shape index (κ2) is 11.8. The number of furan rings is 1. The Hall–Kier alpha value is -7.04. The van der Waals surface area contributed by atoms with Crippen molar-refractivity contribution < 1.29 is 4.42 Å². The first-order chi connectivity index (χ1) is 26.3. The molecular weight excluding hydrogens is 647 g/mol. The van der Waals surface area contributed by atoms with E-state index in [1.165, 1.54) is 11.1 Å². The van der Waals surface area contributed by atoms with Gasteiger partial charge in [-0.05, 0) is 63.7 Å². The number of hydrogen-bond donors (Lipinski definition) is 0. The second-order valence-corrected chi connectivity index (χ2v) is 13.7. The van der Waals surface area contributed by atoms with E-state index in [9.17, 15) is 0 Å². The van der Waals surface area contributed by atoms with Crippen LogP contribution in [0.3, 0.4) is 0 Å². The molecule has 1 aliphatic carbocycles. The van der Waals surface area contributed by atoms with E-state index in [4.69, 9.17) is 9.40 Å². The molecule has 0 fully saturated rings. The molecule has 248 valence electrons. The standard InChI is InChI=1S/C49H32N3O/c1-3-14-32(15-4-1)51-28-29-52(33-16-5-2-6-17-33)45-31-43-42(30-44(45)51)38-22-11-21-37(41-24-12-23-40-35-19-9-10-26-46(35)53-49(40)41)47(38)36-20-8-7-18-34(36)39-25-13-27-50-48(39)43/h1-28,30-31H,29H2/q+1. The Labute approximate surface area is 307 Å². The van der Waals surface area contributed by atoms with Crippen molar-refractivity contribution in [1.29, 1.82) is 0 Å². The van der Waals surface area contributed by atoms with Gasteiger partial charge in [0.1, 0.15) is 23.4 Å². The number of para-hydroxylation sites is 4. The minimum Gasteiger partial charge on any atom is -0.455 e. The fraction of sp³-hybridized carbons (Fsp3) is 0.0204. The van der Waals surface area contributed by atoms with Crippen LogP contribution in [0.2, 0.25) is 0 Å². The highest BCUT2D eigenvalue weighted by Gasteiger charge is 2.33. The van der Waals surface area contributed by atoms with Gasteiger partial charge >= 0.3 is 0 Å². The lowest BCUT2D eigenvalue weighted by molar-refractivity contribution is 0.670. The minimum atomic E-state index is 0.727. The number of pyridine rings is 1. The molecule has 0 amide bonds. The largest absolute Gasteiger partial charge is 0.455 e. The van der Waals surface area contributed by atoms with Crippen LogP contribution in [0, 0.1) is 0 Å². The van der Waals surface area contributed by atoms with Crippen LogP contribution < -0.4 is 9.48 Å². The summed E-state index contributed by atoms with van der Waals surface area (Å²) in [6, 6.07) is 60.7. The van der Waals surface area contributed by atoms with E-state index in [1.54, 1.807) is 0 Å². The van der Waals surface area contributed by atoms with Gasteiger partial charge in [-0.15, -0.1) is 0 Å². The summed E-state index contributed by atoms with van der Waals surface area (Å²) in [5.74, 6) is 0. The van der Waals surface area contributed by atoms with Crippen LogP contribution >= 0.6 is 0 Å². The predicted molar refractivity (Wildman–Crippen MR) is 220 cm³/mol. The van der Waals surface area contributed by atoms with E-state index >= 15 is 0 Å². The van der Waals surface area contributed by atoms with Crippen molar-refractivity contribution >= 4 is 50.9 Å². The third-order valence-electron chi connectivity index (χ3n) is 10.8. The molecule has 1 aliphatic heterocycles. The lowest BCUT2D eigenvalue weighted by Crippen LogP contribution is -2.29. The highest BCUT2D eigenvalue weighted by atomic mass is 16.3. The maximum atomic E-state index is 6.66. The lowest BCUT2D eigenvalue weighted by atomic mass is 9.79. The highest BCUT2D eigenvalue weighted by molar-refractivity contribution is 6.14. The molecular formula is C49H32N3O+. The van der Waals surface area contributed by atoms with Crippen LogP contribution in [0.15, 0.2) is 180 Å². The van der Waals surface area contributed by atoms with Gasteiger partial charge in [-0.1, -0.05) is 121 Å². The van der Waals surface area contributed by atoms with Gasteiger partial charge in [0, 0.05) is 57.5 Å². The number of hydrogen-bond acceptors (Lipinski definition) is 3. The maximum absolute atomic E-state index is 6.66. The Morgan fingerprint density at radius 1 is 0.509 bits per heavy atom. The van der Waals surface area contributed by atoms with Gasteiger partial charge in [-0.2, -0.15) is 4.58 Å². The van der Waals surface area contributed by atoms with Gasteiger partial charge in [0.15, 0.2) is 6.21 Å². The molecule has 2 aliphatic rings. The van der Waals surface area contributed by atoms with Crippen molar-refractivity contribution in [3.05, 3.63) is 176 Å². The summed E-state index contributed by atoms with van der Waals surface area (Å²) in [5, 5.41) is 2.25. The summed E-state index contributed by atoms with van der Waals surface area (Å²) in [7, 11) is 0. The molecule has 0 atom stereocenters. The number of nitrogens with zero attached hydrogens (tertiary/aromatic N) is 3. The molecule has 7 aromatic carbocycles. The first-order valence-corrected chi connectivity index (χ1v) is 18.1. The molecule has 0 saturated carbocycles. The van der Waals surface area contributed by atoms with E-state index in [-0.39, 0.29) is 0 Å². The number of benzene rings is 7. The predicted octanol–water partition coefficient (Wildman–Crippen LogP) is 12.7. The highest BCUT2D eigenvalue weighted by Crippen LogP contribution is 2.53. The quantitative estimate of drug-likeness (QED) is 0.174. The average Bonchev–Trinajstić information content (AvgIpc) is 3.62. The Kier molecular flexibility index (Phi) is 6.58.